The van der Waals surface area contributed by atoms with Crippen LogP contribution >= 0.6 is 0 Å². The molecule has 0 spiro atoms. The van der Waals surface area contributed by atoms with E-state index in [0.29, 0.717) is 0 Å². The zero-order valence-corrected chi connectivity index (χ0v) is 10.9. The van der Waals surface area contributed by atoms with Crippen molar-refractivity contribution in [3.63, 3.8) is 0 Å². The molecule has 0 aliphatic carbocycles. The molecule has 0 rings (SSSR count). The molecule has 0 unspecified atom stereocenters. The number of carbonyl (C=O) groups is 3. The Morgan fingerprint density at radius 3 is 0.714 bits per heavy atom. The summed E-state index contributed by atoms with van der Waals surface area (Å²) >= 11 is 0. The fourth-order valence-corrected chi connectivity index (χ4v) is 0. The van der Waals surface area contributed by atoms with Crippen molar-refractivity contribution < 1.29 is 48.6 Å². The van der Waals surface area contributed by atoms with Crippen LogP contribution in [0.25, 0.3) is 0 Å². The summed E-state index contributed by atoms with van der Waals surface area (Å²) in [7, 11) is 0. The molecule has 0 saturated heterocycles. The molecule has 0 N–H and O–H groups in total. The Morgan fingerprint density at radius 1 is 0.714 bits per heavy atom. The molecule has 0 heterocycles. The zero-order chi connectivity index (χ0) is 10.7. The molecule has 6 nitrogen and oxygen atoms in total. The maximum absolute atomic E-state index is 8.89. The number of aliphatic carboxylic acids is 3. The predicted octanol–water partition coefficient (Wildman–Crippen LogP) is -7.11. The molecule has 0 aromatic carbocycles. The van der Waals surface area contributed by atoms with Gasteiger partial charge in [-0.15, -0.1) is 0 Å². The van der Waals surface area contributed by atoms with Gasteiger partial charge >= 0.3 is 56.6 Å². The van der Waals surface area contributed by atoms with Crippen molar-refractivity contribution in [2.45, 2.75) is 20.8 Å². The van der Waals surface area contributed by atoms with Gasteiger partial charge in [0, 0.05) is 17.9 Å². The van der Waals surface area contributed by atoms with E-state index in [0.717, 1.165) is 20.8 Å². The van der Waals surface area contributed by atoms with Crippen LogP contribution < -0.4 is 34.2 Å². The number of carbonyl (C=O) groups excluding carboxylic acids is 3. The van der Waals surface area contributed by atoms with E-state index in [1.165, 1.54) is 0 Å². The number of hydrogen-bond donors (Lipinski definition) is 0. The van der Waals surface area contributed by atoms with Crippen LogP contribution in [0.2, 0.25) is 0 Å². The molecule has 0 aliphatic rings. The van der Waals surface area contributed by atoms with Gasteiger partial charge in [0.25, 0.3) is 0 Å². The normalized spacial score (nSPS) is 5.36. The van der Waals surface area contributed by atoms with Crippen molar-refractivity contribution in [2.24, 2.45) is 0 Å². The smallest absolute Gasteiger partial charge is 0.550 e. The molecule has 0 amide bonds. The minimum Gasteiger partial charge on any atom is -0.550 e. The van der Waals surface area contributed by atoms with E-state index in [1.54, 1.807) is 0 Å². The molecule has 8 heteroatoms. The topological polar surface area (TPSA) is 120 Å². The van der Waals surface area contributed by atoms with Gasteiger partial charge in [-0.1, -0.05) is 0 Å². The van der Waals surface area contributed by atoms with Gasteiger partial charge in [0.15, 0.2) is 0 Å². The van der Waals surface area contributed by atoms with Gasteiger partial charge in [0.05, 0.1) is 0 Å². The first-order valence-electron chi connectivity index (χ1n) is 2.72. The summed E-state index contributed by atoms with van der Waals surface area (Å²) in [5.41, 5.74) is 0. The Morgan fingerprint density at radius 2 is 0.714 bits per heavy atom. The minimum absolute atomic E-state index is 0. The first kappa shape index (κ1) is 29.2. The Bertz CT molecular complexity index is 120. The number of carboxylic acid groups (broad SMARTS) is 3. The largest absolute Gasteiger partial charge is 2.00 e. The van der Waals surface area contributed by atoms with Crippen molar-refractivity contribution in [3.8, 4) is 0 Å². The van der Waals surface area contributed by atoms with E-state index in [1.807, 2.05) is 0 Å². The third-order valence-corrected chi connectivity index (χ3v) is 0. The Balaban J connectivity index is -0.0000000270. The maximum Gasteiger partial charge on any atom is 2.00 e. The first-order chi connectivity index (χ1) is 5.20. The molecular formula is C6H9CaLiO6. The summed E-state index contributed by atoms with van der Waals surface area (Å²) in [6, 6.07) is 0. The number of hydrogen-bond acceptors (Lipinski definition) is 6. The van der Waals surface area contributed by atoms with E-state index >= 15 is 0 Å². The molecule has 0 saturated carbocycles. The fourth-order valence-electron chi connectivity index (χ4n) is 0. The van der Waals surface area contributed by atoms with Crippen LogP contribution in [0.4, 0.5) is 0 Å². The van der Waals surface area contributed by atoms with Crippen molar-refractivity contribution in [1.82, 2.24) is 0 Å². The summed E-state index contributed by atoms with van der Waals surface area (Å²) in [6.45, 7) is 2.92. The van der Waals surface area contributed by atoms with Crippen LogP contribution in [-0.4, -0.2) is 55.6 Å². The van der Waals surface area contributed by atoms with E-state index in [-0.39, 0.29) is 56.6 Å². The monoisotopic (exact) mass is 224 g/mol. The van der Waals surface area contributed by atoms with Gasteiger partial charge in [0.1, 0.15) is 0 Å². The Kier molecular flexibility index (Phi) is 48.6. The molecule has 0 aromatic rings. The molecular weight excluding hydrogens is 215 g/mol. The van der Waals surface area contributed by atoms with E-state index in [4.69, 9.17) is 29.7 Å². The quantitative estimate of drug-likeness (QED) is 0.377. The second kappa shape index (κ2) is 23.2. The third-order valence-electron chi connectivity index (χ3n) is 0. The molecule has 0 radical (unpaired) electrons. The van der Waals surface area contributed by atoms with Crippen molar-refractivity contribution in [3.05, 3.63) is 0 Å². The summed E-state index contributed by atoms with van der Waals surface area (Å²) < 4.78 is 0. The molecule has 72 valence electrons. The predicted molar refractivity (Wildman–Crippen MR) is 37.8 cm³/mol. The minimum atomic E-state index is -1.08. The van der Waals surface area contributed by atoms with Crippen LogP contribution in [0.5, 0.6) is 0 Å². The van der Waals surface area contributed by atoms with E-state index in [9.17, 15) is 0 Å². The van der Waals surface area contributed by atoms with E-state index < -0.39 is 17.9 Å². The molecule has 0 aromatic heterocycles. The number of rotatable bonds is 0. The third kappa shape index (κ3) is 21800. The molecule has 14 heavy (non-hydrogen) atoms. The molecule has 0 fully saturated rings. The Labute approximate surface area is 124 Å². The average molecular weight is 224 g/mol. The first-order valence-corrected chi connectivity index (χ1v) is 2.72. The Hall–Kier alpha value is 0.267. The maximum atomic E-state index is 8.89. The SMILES string of the molecule is CC(=O)[O-].CC(=O)[O-].CC(=O)[O-].[Ca+2].[Li+]. The van der Waals surface area contributed by atoms with Gasteiger partial charge in [-0.25, -0.2) is 0 Å². The molecule has 0 aliphatic heterocycles. The second-order valence-corrected chi connectivity index (χ2v) is 1.47. The molecule has 0 atom stereocenters. The van der Waals surface area contributed by atoms with Crippen LogP contribution in [0.3, 0.4) is 0 Å². The van der Waals surface area contributed by atoms with Crippen LogP contribution in [0.1, 0.15) is 20.8 Å². The summed E-state index contributed by atoms with van der Waals surface area (Å²) in [6.07, 6.45) is 0. The van der Waals surface area contributed by atoms with Crippen LogP contribution in [0, 0.1) is 0 Å². The summed E-state index contributed by atoms with van der Waals surface area (Å²) in [5, 5.41) is 26.7. The van der Waals surface area contributed by atoms with Gasteiger partial charge in [0.2, 0.25) is 0 Å². The number of carboxylic acids is 3. The molecule has 0 bridgehead atoms. The zero-order valence-electron chi connectivity index (χ0n) is 8.66. The van der Waals surface area contributed by atoms with E-state index in [2.05, 4.69) is 0 Å². The van der Waals surface area contributed by atoms with Gasteiger partial charge in [-0.05, 0) is 20.8 Å². The average Bonchev–Trinajstić information content (AvgIpc) is 1.54. The van der Waals surface area contributed by atoms with Gasteiger partial charge in [-0.2, -0.15) is 0 Å². The fraction of sp³-hybridized carbons (Fsp3) is 0.500. The van der Waals surface area contributed by atoms with Crippen LogP contribution in [0.15, 0.2) is 0 Å². The van der Waals surface area contributed by atoms with Gasteiger partial charge in [-0.3, -0.25) is 0 Å². The van der Waals surface area contributed by atoms with Crippen molar-refractivity contribution in [2.75, 3.05) is 0 Å². The van der Waals surface area contributed by atoms with Crippen molar-refractivity contribution in [1.29, 1.82) is 0 Å². The second-order valence-electron chi connectivity index (χ2n) is 1.47. The summed E-state index contributed by atoms with van der Waals surface area (Å²) in [5.74, 6) is -3.25. The van der Waals surface area contributed by atoms with Crippen molar-refractivity contribution >= 4 is 55.6 Å². The van der Waals surface area contributed by atoms with Crippen LogP contribution in [-0.2, 0) is 14.4 Å². The summed E-state index contributed by atoms with van der Waals surface area (Å²) in [4.78, 5) is 26.7. The van der Waals surface area contributed by atoms with Gasteiger partial charge < -0.3 is 29.7 Å². The standard InChI is InChI=1S/3C2H4O2.Ca.Li/c3*1-2(3)4;;/h3*1H3,(H,3,4);;/q;;;+2;+1/p-3.